The highest BCUT2D eigenvalue weighted by atomic mass is 16.5. The van der Waals surface area contributed by atoms with Gasteiger partial charge in [0, 0.05) is 0 Å². The third-order valence-electron chi connectivity index (χ3n) is 2.78. The molecule has 4 nitrogen and oxygen atoms in total. The van der Waals surface area contributed by atoms with Crippen LogP contribution in [0.15, 0.2) is 12.1 Å². The van der Waals surface area contributed by atoms with Gasteiger partial charge in [0.2, 0.25) is 0 Å². The third-order valence-corrected chi connectivity index (χ3v) is 2.78. The van der Waals surface area contributed by atoms with Crippen LogP contribution in [-0.2, 0) is 0 Å². The van der Waals surface area contributed by atoms with Gasteiger partial charge >= 0.3 is 5.97 Å². The number of rotatable bonds is 4. The summed E-state index contributed by atoms with van der Waals surface area (Å²) in [7, 11) is 0. The van der Waals surface area contributed by atoms with Gasteiger partial charge in [-0.2, -0.15) is 0 Å². The van der Waals surface area contributed by atoms with Crippen LogP contribution in [-0.4, -0.2) is 17.7 Å². The number of aryl methyl sites for hydroxylation is 1. The molecule has 1 fully saturated rings. The van der Waals surface area contributed by atoms with Crippen LogP contribution in [0.4, 0.5) is 5.69 Å². The first-order chi connectivity index (χ1) is 7.59. The van der Waals surface area contributed by atoms with E-state index < -0.39 is 5.97 Å². The summed E-state index contributed by atoms with van der Waals surface area (Å²) in [5.41, 5.74) is 7.00. The summed E-state index contributed by atoms with van der Waals surface area (Å²) >= 11 is 0. The second-order valence-corrected chi connectivity index (χ2v) is 4.23. The first-order valence-corrected chi connectivity index (χ1v) is 5.34. The summed E-state index contributed by atoms with van der Waals surface area (Å²) in [5, 5.41) is 8.94. The van der Waals surface area contributed by atoms with Gasteiger partial charge in [0.15, 0.2) is 0 Å². The Morgan fingerprint density at radius 1 is 1.56 bits per heavy atom. The Labute approximate surface area is 94.0 Å². The van der Waals surface area contributed by atoms with E-state index in [1.54, 1.807) is 6.07 Å². The van der Waals surface area contributed by atoms with Gasteiger partial charge in [-0.3, -0.25) is 0 Å². The molecule has 0 spiro atoms. The SMILES string of the molecule is Cc1ccc(C(=O)O)c(N)c1OCC1CC1. The second-order valence-electron chi connectivity index (χ2n) is 4.23. The van der Waals surface area contributed by atoms with Crippen molar-refractivity contribution in [3.05, 3.63) is 23.3 Å². The van der Waals surface area contributed by atoms with Crippen molar-refractivity contribution in [1.29, 1.82) is 0 Å². The van der Waals surface area contributed by atoms with E-state index in [9.17, 15) is 4.79 Å². The quantitative estimate of drug-likeness (QED) is 0.763. The number of aromatic carboxylic acids is 1. The van der Waals surface area contributed by atoms with Crippen LogP contribution in [0.25, 0.3) is 0 Å². The predicted molar refractivity (Wildman–Crippen MR) is 60.8 cm³/mol. The first-order valence-electron chi connectivity index (χ1n) is 5.34. The zero-order valence-corrected chi connectivity index (χ0v) is 9.19. The summed E-state index contributed by atoms with van der Waals surface area (Å²) < 4.78 is 5.59. The largest absolute Gasteiger partial charge is 0.491 e. The topological polar surface area (TPSA) is 72.5 Å². The summed E-state index contributed by atoms with van der Waals surface area (Å²) in [6.07, 6.45) is 2.38. The molecule has 1 aliphatic rings. The molecule has 1 saturated carbocycles. The van der Waals surface area contributed by atoms with E-state index in [1.165, 1.54) is 18.9 Å². The Bertz CT molecular complexity index is 425. The average molecular weight is 221 g/mol. The molecule has 0 amide bonds. The Morgan fingerprint density at radius 3 is 2.81 bits per heavy atom. The van der Waals surface area contributed by atoms with E-state index in [0.717, 1.165) is 5.56 Å². The number of carboxylic acid groups (broad SMARTS) is 1. The molecule has 2 rings (SSSR count). The molecule has 1 aliphatic carbocycles. The lowest BCUT2D eigenvalue weighted by Crippen LogP contribution is -2.08. The van der Waals surface area contributed by atoms with Crippen molar-refractivity contribution < 1.29 is 14.6 Å². The van der Waals surface area contributed by atoms with Crippen molar-refractivity contribution in [1.82, 2.24) is 0 Å². The molecule has 4 heteroatoms. The Kier molecular flexibility index (Phi) is 2.73. The molecular formula is C12H15NO3. The van der Waals surface area contributed by atoms with Crippen LogP contribution >= 0.6 is 0 Å². The Morgan fingerprint density at radius 2 is 2.25 bits per heavy atom. The number of hydrogen-bond acceptors (Lipinski definition) is 3. The summed E-state index contributed by atoms with van der Waals surface area (Å²) in [6.45, 7) is 2.50. The maximum atomic E-state index is 10.9. The van der Waals surface area contributed by atoms with E-state index >= 15 is 0 Å². The Hall–Kier alpha value is -1.71. The molecular weight excluding hydrogens is 206 g/mol. The zero-order chi connectivity index (χ0) is 11.7. The molecule has 3 N–H and O–H groups in total. The molecule has 1 aromatic carbocycles. The Balaban J connectivity index is 2.25. The van der Waals surface area contributed by atoms with E-state index in [1.807, 2.05) is 6.92 Å². The molecule has 0 aliphatic heterocycles. The molecule has 86 valence electrons. The minimum Gasteiger partial charge on any atom is -0.491 e. The molecule has 1 aromatic rings. The van der Waals surface area contributed by atoms with Crippen LogP contribution < -0.4 is 10.5 Å². The van der Waals surface area contributed by atoms with Gasteiger partial charge in [0.25, 0.3) is 0 Å². The van der Waals surface area contributed by atoms with Crippen LogP contribution in [0, 0.1) is 12.8 Å². The molecule has 0 saturated heterocycles. The number of nitrogen functional groups attached to an aromatic ring is 1. The van der Waals surface area contributed by atoms with Crippen LogP contribution in [0.5, 0.6) is 5.75 Å². The van der Waals surface area contributed by atoms with Crippen molar-refractivity contribution in [2.75, 3.05) is 12.3 Å². The van der Waals surface area contributed by atoms with Gasteiger partial charge in [-0.25, -0.2) is 4.79 Å². The number of anilines is 1. The first kappa shape index (κ1) is 10.8. The van der Waals surface area contributed by atoms with Gasteiger partial charge in [-0.05, 0) is 37.3 Å². The summed E-state index contributed by atoms with van der Waals surface area (Å²) in [5.74, 6) is 0.118. The number of hydrogen-bond donors (Lipinski definition) is 2. The van der Waals surface area contributed by atoms with Gasteiger partial charge in [0.1, 0.15) is 5.75 Å². The molecule has 0 atom stereocenters. The lowest BCUT2D eigenvalue weighted by Gasteiger charge is -2.13. The lowest BCUT2D eigenvalue weighted by molar-refractivity contribution is 0.0697. The monoisotopic (exact) mass is 221 g/mol. The molecule has 0 heterocycles. The number of carbonyl (C=O) groups is 1. The minimum atomic E-state index is -1.02. The normalized spacial score (nSPS) is 14.8. The smallest absolute Gasteiger partial charge is 0.337 e. The highest BCUT2D eigenvalue weighted by Gasteiger charge is 2.23. The van der Waals surface area contributed by atoms with E-state index in [4.69, 9.17) is 15.6 Å². The second kappa shape index (κ2) is 4.04. The number of benzene rings is 1. The maximum Gasteiger partial charge on any atom is 0.337 e. The highest BCUT2D eigenvalue weighted by molar-refractivity contribution is 5.95. The summed E-state index contributed by atoms with van der Waals surface area (Å²) in [6, 6.07) is 3.24. The maximum absolute atomic E-state index is 10.9. The molecule has 0 bridgehead atoms. The van der Waals surface area contributed by atoms with Crippen LogP contribution in [0.3, 0.4) is 0 Å². The van der Waals surface area contributed by atoms with E-state index in [0.29, 0.717) is 18.3 Å². The van der Waals surface area contributed by atoms with Crippen molar-refractivity contribution >= 4 is 11.7 Å². The molecule has 0 unspecified atom stereocenters. The standard InChI is InChI=1S/C12H15NO3/c1-7-2-5-9(12(14)15)10(13)11(7)16-6-8-3-4-8/h2,5,8H,3-4,6,13H2,1H3,(H,14,15). The zero-order valence-electron chi connectivity index (χ0n) is 9.19. The van der Waals surface area contributed by atoms with Gasteiger partial charge in [0.05, 0.1) is 17.9 Å². The van der Waals surface area contributed by atoms with Gasteiger partial charge < -0.3 is 15.6 Å². The number of ether oxygens (including phenoxy) is 1. The minimum absolute atomic E-state index is 0.108. The summed E-state index contributed by atoms with van der Waals surface area (Å²) in [4.78, 5) is 10.9. The van der Waals surface area contributed by atoms with Crippen LogP contribution in [0.1, 0.15) is 28.8 Å². The van der Waals surface area contributed by atoms with Crippen molar-refractivity contribution in [3.8, 4) is 5.75 Å². The fourth-order valence-electron chi connectivity index (χ4n) is 1.57. The van der Waals surface area contributed by atoms with Gasteiger partial charge in [-0.15, -0.1) is 0 Å². The highest BCUT2D eigenvalue weighted by Crippen LogP contribution is 2.34. The van der Waals surface area contributed by atoms with Crippen molar-refractivity contribution in [2.45, 2.75) is 19.8 Å². The number of nitrogens with two attached hydrogens (primary N) is 1. The van der Waals surface area contributed by atoms with Gasteiger partial charge in [-0.1, -0.05) is 6.07 Å². The average Bonchev–Trinajstić information content (AvgIpc) is 3.00. The van der Waals surface area contributed by atoms with Crippen molar-refractivity contribution in [3.63, 3.8) is 0 Å². The molecule has 0 radical (unpaired) electrons. The fraction of sp³-hybridized carbons (Fsp3) is 0.417. The van der Waals surface area contributed by atoms with Crippen molar-refractivity contribution in [2.24, 2.45) is 5.92 Å². The lowest BCUT2D eigenvalue weighted by atomic mass is 10.1. The fourth-order valence-corrected chi connectivity index (χ4v) is 1.57. The third kappa shape index (κ3) is 2.10. The predicted octanol–water partition coefficient (Wildman–Crippen LogP) is 2.06. The molecule has 0 aromatic heterocycles. The molecule has 16 heavy (non-hydrogen) atoms. The van der Waals surface area contributed by atoms with Crippen LogP contribution in [0.2, 0.25) is 0 Å². The van der Waals surface area contributed by atoms with E-state index in [2.05, 4.69) is 0 Å². The number of carboxylic acids is 1. The van der Waals surface area contributed by atoms with E-state index in [-0.39, 0.29) is 11.3 Å².